The van der Waals surface area contributed by atoms with Crippen molar-refractivity contribution in [3.05, 3.63) is 72.9 Å². The van der Waals surface area contributed by atoms with Crippen LogP contribution in [0.3, 0.4) is 0 Å². The van der Waals surface area contributed by atoms with Gasteiger partial charge in [-0.2, -0.15) is 0 Å². The molecule has 406 valence electrons. The van der Waals surface area contributed by atoms with Gasteiger partial charge in [0.15, 0.2) is 0 Å². The number of esters is 1. The minimum absolute atomic E-state index is 0.0300. The van der Waals surface area contributed by atoms with E-state index in [1.54, 1.807) is 0 Å². The van der Waals surface area contributed by atoms with Gasteiger partial charge in [0.1, 0.15) is 19.3 Å². The Balaban J connectivity index is 5.31. The normalized spacial score (nSPS) is 14.3. The lowest BCUT2D eigenvalue weighted by molar-refractivity contribution is -0.870. The van der Waals surface area contributed by atoms with E-state index in [9.17, 15) is 19.0 Å². The largest absolute Gasteiger partial charge is 0.756 e. The molecule has 0 radical (unpaired) electrons. The highest BCUT2D eigenvalue weighted by molar-refractivity contribution is 7.45. The SMILES string of the molecule is CC/C=C/C/C=C/C/C=C/CCCCCCC(=O)NC(COP(=O)([O-])OCC[N+](C)(C)C)C(/C=C/CCCCCCCCCCC)OC(=O)CCCCCCCCCCC/C=C\C/C=C\CCCCC. The van der Waals surface area contributed by atoms with E-state index in [4.69, 9.17) is 13.8 Å². The number of nitrogens with one attached hydrogen (secondary N) is 1. The van der Waals surface area contributed by atoms with Crippen LogP contribution < -0.4 is 10.2 Å². The number of nitrogens with zero attached hydrogens (tertiary/aromatic N) is 1. The molecule has 1 N–H and O–H groups in total. The van der Waals surface area contributed by atoms with E-state index in [-0.39, 0.29) is 31.3 Å². The quantitative estimate of drug-likeness (QED) is 0.0212. The van der Waals surface area contributed by atoms with Crippen molar-refractivity contribution < 1.29 is 37.3 Å². The Kier molecular flexibility index (Phi) is 48.2. The predicted molar refractivity (Wildman–Crippen MR) is 298 cm³/mol. The van der Waals surface area contributed by atoms with E-state index in [0.717, 1.165) is 103 Å². The van der Waals surface area contributed by atoms with E-state index in [0.29, 0.717) is 17.4 Å². The summed E-state index contributed by atoms with van der Waals surface area (Å²) < 4.78 is 30.2. The van der Waals surface area contributed by atoms with Crippen LogP contribution in [0.15, 0.2) is 72.9 Å². The number of phosphoric ester groups is 1. The molecular weight excluding hydrogens is 892 g/mol. The van der Waals surface area contributed by atoms with E-state index in [1.165, 1.54) is 103 Å². The molecular formula is C60H109N2O7P. The van der Waals surface area contributed by atoms with Crippen LogP contribution in [-0.4, -0.2) is 69.4 Å². The lowest BCUT2D eigenvalue weighted by Gasteiger charge is -2.30. The average molecular weight is 1000 g/mol. The molecule has 0 aliphatic heterocycles. The zero-order valence-electron chi connectivity index (χ0n) is 46.2. The van der Waals surface area contributed by atoms with Crippen molar-refractivity contribution in [3.63, 3.8) is 0 Å². The Morgan fingerprint density at radius 1 is 0.514 bits per heavy atom. The number of carbonyl (C=O) groups excluding carboxylic acids is 2. The molecule has 9 nitrogen and oxygen atoms in total. The number of phosphoric acid groups is 1. The maximum absolute atomic E-state index is 13.5. The lowest BCUT2D eigenvalue weighted by Crippen LogP contribution is -2.47. The van der Waals surface area contributed by atoms with Crippen LogP contribution in [0.5, 0.6) is 0 Å². The molecule has 10 heteroatoms. The number of unbranched alkanes of at least 4 members (excludes halogenated alkanes) is 25. The molecule has 0 spiro atoms. The van der Waals surface area contributed by atoms with Crippen LogP contribution in [0.4, 0.5) is 0 Å². The molecule has 0 aromatic heterocycles. The van der Waals surface area contributed by atoms with Gasteiger partial charge in [0.2, 0.25) is 5.91 Å². The summed E-state index contributed by atoms with van der Waals surface area (Å²) in [7, 11) is 1.16. The molecule has 0 heterocycles. The average Bonchev–Trinajstić information content (AvgIpc) is 3.32. The molecule has 0 aliphatic rings. The molecule has 1 amide bonds. The summed E-state index contributed by atoms with van der Waals surface area (Å²) in [6.45, 7) is 6.67. The maximum Gasteiger partial charge on any atom is 0.306 e. The van der Waals surface area contributed by atoms with Crippen molar-refractivity contribution in [2.24, 2.45) is 0 Å². The molecule has 0 aliphatic carbocycles. The van der Waals surface area contributed by atoms with Crippen molar-refractivity contribution in [2.45, 2.75) is 258 Å². The lowest BCUT2D eigenvalue weighted by atomic mass is 10.1. The van der Waals surface area contributed by atoms with Gasteiger partial charge in [-0.1, -0.05) is 210 Å². The smallest absolute Gasteiger partial charge is 0.306 e. The zero-order chi connectivity index (χ0) is 51.5. The Hall–Kier alpha value is -2.55. The van der Waals surface area contributed by atoms with Crippen LogP contribution >= 0.6 is 7.82 Å². The number of quaternary nitrogens is 1. The Labute approximate surface area is 432 Å². The highest BCUT2D eigenvalue weighted by Crippen LogP contribution is 2.38. The minimum atomic E-state index is -4.70. The van der Waals surface area contributed by atoms with Gasteiger partial charge < -0.3 is 28.5 Å². The van der Waals surface area contributed by atoms with E-state index in [1.807, 2.05) is 33.3 Å². The fourth-order valence-electron chi connectivity index (χ4n) is 7.92. The van der Waals surface area contributed by atoms with E-state index in [2.05, 4.69) is 86.8 Å². The number of hydrogen-bond acceptors (Lipinski definition) is 7. The minimum Gasteiger partial charge on any atom is -0.756 e. The van der Waals surface area contributed by atoms with Crippen molar-refractivity contribution in [2.75, 3.05) is 40.9 Å². The second-order valence-electron chi connectivity index (χ2n) is 20.4. The summed E-state index contributed by atoms with van der Waals surface area (Å²) in [5.41, 5.74) is 0. The standard InChI is InChI=1S/C60H109N2O7P/c1-7-10-13-16-19-22-25-27-29-30-31-32-33-35-38-41-44-47-50-53-60(64)69-58(51-48-45-42-39-36-24-21-18-15-12-9-3)57(56-68-70(65,66)67-55-54-62(4,5)6)61-59(63)52-49-46-43-40-37-34-28-26-23-20-17-14-11-8-2/h11,14,19-20,22-23,27-29,34,48,51,57-58H,7-10,12-13,15-18,21,24-26,30-33,35-47,49-50,52-56H2,1-6H3,(H-,61,63,65,66)/b14-11+,22-19-,23-20+,29-27-,34-28+,51-48+. The predicted octanol–water partition coefficient (Wildman–Crippen LogP) is 16.6. The summed E-state index contributed by atoms with van der Waals surface area (Å²) in [6, 6.07) is -0.903. The first-order valence-corrected chi connectivity index (χ1v) is 30.2. The number of likely N-dealkylation sites (N-methyl/N-ethyl adjacent to an activating group) is 1. The third kappa shape index (κ3) is 50.4. The second kappa shape index (κ2) is 50.0. The van der Waals surface area contributed by atoms with Gasteiger partial charge >= 0.3 is 5.97 Å². The molecule has 0 saturated carbocycles. The van der Waals surface area contributed by atoms with Gasteiger partial charge in [0.25, 0.3) is 7.82 Å². The van der Waals surface area contributed by atoms with Crippen LogP contribution in [0.25, 0.3) is 0 Å². The van der Waals surface area contributed by atoms with Crippen LogP contribution in [0, 0.1) is 0 Å². The van der Waals surface area contributed by atoms with E-state index >= 15 is 0 Å². The number of hydrogen-bond donors (Lipinski definition) is 1. The van der Waals surface area contributed by atoms with Crippen LogP contribution in [0.2, 0.25) is 0 Å². The molecule has 0 rings (SSSR count). The fraction of sp³-hybridized carbons (Fsp3) is 0.767. The van der Waals surface area contributed by atoms with Gasteiger partial charge in [0.05, 0.1) is 33.8 Å². The highest BCUT2D eigenvalue weighted by Gasteiger charge is 2.27. The fourth-order valence-corrected chi connectivity index (χ4v) is 8.64. The molecule has 0 saturated heterocycles. The number of allylic oxidation sites excluding steroid dienone is 11. The Morgan fingerprint density at radius 3 is 1.40 bits per heavy atom. The van der Waals surface area contributed by atoms with E-state index < -0.39 is 26.6 Å². The topological polar surface area (TPSA) is 114 Å². The summed E-state index contributed by atoms with van der Waals surface area (Å²) in [6.07, 6.45) is 62.9. The Morgan fingerprint density at radius 2 is 0.914 bits per heavy atom. The molecule has 70 heavy (non-hydrogen) atoms. The molecule has 0 aromatic rings. The molecule has 0 aromatic carbocycles. The molecule has 0 fully saturated rings. The van der Waals surface area contributed by atoms with Gasteiger partial charge in [-0.05, 0) is 96.0 Å². The molecule has 3 unspecified atom stereocenters. The van der Waals surface area contributed by atoms with Crippen molar-refractivity contribution in [1.29, 1.82) is 0 Å². The van der Waals surface area contributed by atoms with Gasteiger partial charge in [-0.25, -0.2) is 0 Å². The number of amides is 1. The first-order chi connectivity index (χ1) is 33.9. The zero-order valence-corrected chi connectivity index (χ0v) is 47.1. The van der Waals surface area contributed by atoms with Crippen LogP contribution in [-0.2, 0) is 27.9 Å². The highest BCUT2D eigenvalue weighted by atomic mass is 31.2. The summed E-state index contributed by atoms with van der Waals surface area (Å²) in [5, 5.41) is 3.00. The van der Waals surface area contributed by atoms with Gasteiger partial charge in [-0.3, -0.25) is 14.2 Å². The number of carbonyl (C=O) groups is 2. The third-order valence-corrected chi connectivity index (χ3v) is 13.3. The number of ether oxygens (including phenoxy) is 1. The monoisotopic (exact) mass is 1000 g/mol. The summed E-state index contributed by atoms with van der Waals surface area (Å²) >= 11 is 0. The summed E-state index contributed by atoms with van der Waals surface area (Å²) in [4.78, 5) is 39.8. The van der Waals surface area contributed by atoms with Crippen molar-refractivity contribution >= 4 is 19.7 Å². The van der Waals surface area contributed by atoms with Crippen molar-refractivity contribution in [1.82, 2.24) is 5.32 Å². The third-order valence-electron chi connectivity index (χ3n) is 12.4. The van der Waals surface area contributed by atoms with Gasteiger partial charge in [-0.15, -0.1) is 0 Å². The first-order valence-electron chi connectivity index (χ1n) is 28.7. The second-order valence-corrected chi connectivity index (χ2v) is 21.8. The molecule has 3 atom stereocenters. The maximum atomic E-state index is 13.5. The van der Waals surface area contributed by atoms with Gasteiger partial charge in [0, 0.05) is 12.8 Å². The number of rotatable bonds is 51. The summed E-state index contributed by atoms with van der Waals surface area (Å²) in [5.74, 6) is -0.574. The Bertz CT molecular complexity index is 1430. The van der Waals surface area contributed by atoms with Crippen LogP contribution in [0.1, 0.15) is 245 Å². The first kappa shape index (κ1) is 67.5. The molecule has 0 bridgehead atoms. The van der Waals surface area contributed by atoms with Crippen molar-refractivity contribution in [3.8, 4) is 0 Å².